The molecule has 0 unspecified atom stereocenters. The van der Waals surface area contributed by atoms with Crippen molar-refractivity contribution in [2.75, 3.05) is 18.4 Å². The van der Waals surface area contributed by atoms with Crippen LogP contribution in [0.25, 0.3) is 17.0 Å². The molecule has 0 atom stereocenters. The van der Waals surface area contributed by atoms with Crippen LogP contribution < -0.4 is 5.32 Å². The van der Waals surface area contributed by atoms with Crippen LogP contribution in [-0.4, -0.2) is 38.8 Å². The second-order valence-corrected chi connectivity index (χ2v) is 8.21. The van der Waals surface area contributed by atoms with Crippen molar-refractivity contribution in [3.05, 3.63) is 76.8 Å². The fraction of sp³-hybridized carbons (Fsp3) is 0.174. The smallest absolute Gasteiger partial charge is 0.273 e. The molecule has 2 aliphatic rings. The van der Waals surface area contributed by atoms with E-state index in [1.54, 1.807) is 23.5 Å². The maximum Gasteiger partial charge on any atom is 0.273 e. The molecule has 0 fully saturated rings. The maximum absolute atomic E-state index is 12.8. The first-order valence-electron chi connectivity index (χ1n) is 9.80. The zero-order chi connectivity index (χ0) is 20.7. The summed E-state index contributed by atoms with van der Waals surface area (Å²) in [6, 6.07) is 17.9. The minimum atomic E-state index is -0.180. The topological polar surface area (TPSA) is 62.5 Å². The summed E-state index contributed by atoms with van der Waals surface area (Å²) in [6.45, 7) is 3.83. The van der Waals surface area contributed by atoms with Gasteiger partial charge < -0.3 is 10.2 Å². The highest BCUT2D eigenvalue weighted by Gasteiger charge is 2.27. The molecule has 1 amide bonds. The van der Waals surface area contributed by atoms with E-state index in [1.165, 1.54) is 11.3 Å². The first-order chi connectivity index (χ1) is 14.6. The lowest BCUT2D eigenvalue weighted by Crippen LogP contribution is -2.20. The standard InChI is InChI=1S/C23H21N5OS/c1-15-3-5-16(6-4-15)19-13-20(27(2)26-19)22(29)25-18-9-7-17(8-10-18)21-14-30-23-24-11-12-28(21)23/h3-10,13-14H,11-12H2,1-2H3,(H,25,29). The Morgan fingerprint density at radius 2 is 1.80 bits per heavy atom. The normalized spacial score (nSPS) is 15.1. The number of hydrogen-bond donors (Lipinski definition) is 1. The fourth-order valence-corrected chi connectivity index (χ4v) is 4.57. The van der Waals surface area contributed by atoms with Crippen molar-refractivity contribution in [2.24, 2.45) is 12.0 Å². The largest absolute Gasteiger partial charge is 0.321 e. The molecule has 0 radical (unpaired) electrons. The minimum absolute atomic E-state index is 0.180. The van der Waals surface area contributed by atoms with Crippen LogP contribution in [0.2, 0.25) is 0 Å². The van der Waals surface area contributed by atoms with Crippen molar-refractivity contribution in [1.82, 2.24) is 14.7 Å². The average Bonchev–Trinajstić information content (AvgIpc) is 3.45. The Hall–Kier alpha value is -3.32. The molecule has 0 saturated carbocycles. The summed E-state index contributed by atoms with van der Waals surface area (Å²) in [5, 5.41) is 10.7. The molecule has 1 aromatic heterocycles. The number of benzene rings is 2. The van der Waals surface area contributed by atoms with Crippen LogP contribution in [0.15, 0.2) is 65.0 Å². The average molecular weight is 416 g/mol. The number of amidine groups is 1. The maximum atomic E-state index is 12.8. The van der Waals surface area contributed by atoms with E-state index in [2.05, 4.69) is 25.7 Å². The zero-order valence-electron chi connectivity index (χ0n) is 16.8. The Morgan fingerprint density at radius 3 is 2.57 bits per heavy atom. The first kappa shape index (κ1) is 18.7. The van der Waals surface area contributed by atoms with Gasteiger partial charge in [0.2, 0.25) is 0 Å². The number of aliphatic imine (C=N–C) groups is 1. The quantitative estimate of drug-likeness (QED) is 0.688. The number of hydrogen-bond acceptors (Lipinski definition) is 5. The second-order valence-electron chi connectivity index (χ2n) is 7.37. The van der Waals surface area contributed by atoms with Crippen molar-refractivity contribution in [3.8, 4) is 11.3 Å². The molecule has 3 heterocycles. The van der Waals surface area contributed by atoms with Gasteiger partial charge in [-0.25, -0.2) is 0 Å². The van der Waals surface area contributed by atoms with E-state index >= 15 is 0 Å². The molecule has 2 aromatic carbocycles. The van der Waals surface area contributed by atoms with E-state index in [9.17, 15) is 4.79 Å². The number of anilines is 1. The monoisotopic (exact) mass is 415 g/mol. The van der Waals surface area contributed by atoms with Crippen molar-refractivity contribution < 1.29 is 4.79 Å². The van der Waals surface area contributed by atoms with Crippen LogP contribution >= 0.6 is 11.8 Å². The van der Waals surface area contributed by atoms with Crippen LogP contribution in [-0.2, 0) is 7.05 Å². The molecule has 2 aliphatic heterocycles. The number of carbonyl (C=O) groups excluding carboxylic acids is 1. The van der Waals surface area contributed by atoms with Gasteiger partial charge in [-0.05, 0) is 30.7 Å². The number of fused-ring (bicyclic) bond motifs is 1. The molecule has 0 saturated heterocycles. The minimum Gasteiger partial charge on any atom is -0.321 e. The third-order valence-corrected chi connectivity index (χ3v) is 6.17. The lowest BCUT2D eigenvalue weighted by atomic mass is 10.1. The molecule has 0 spiro atoms. The van der Waals surface area contributed by atoms with E-state index < -0.39 is 0 Å². The molecule has 30 heavy (non-hydrogen) atoms. The van der Waals surface area contributed by atoms with Crippen LogP contribution in [0.1, 0.15) is 21.6 Å². The van der Waals surface area contributed by atoms with E-state index in [-0.39, 0.29) is 5.91 Å². The summed E-state index contributed by atoms with van der Waals surface area (Å²) in [5.41, 5.74) is 6.53. The predicted octanol–water partition coefficient (Wildman–Crippen LogP) is 4.36. The number of aromatic nitrogens is 2. The zero-order valence-corrected chi connectivity index (χ0v) is 17.6. The van der Waals surface area contributed by atoms with Gasteiger partial charge in [-0.15, -0.1) is 0 Å². The van der Waals surface area contributed by atoms with Crippen LogP contribution in [0.3, 0.4) is 0 Å². The van der Waals surface area contributed by atoms with Gasteiger partial charge in [-0.3, -0.25) is 14.5 Å². The Kier molecular flexibility index (Phi) is 4.67. The number of nitrogens with zero attached hydrogens (tertiary/aromatic N) is 4. The molecule has 5 rings (SSSR count). The van der Waals surface area contributed by atoms with E-state index in [1.807, 2.05) is 61.5 Å². The van der Waals surface area contributed by atoms with E-state index in [4.69, 9.17) is 0 Å². The molecule has 1 N–H and O–H groups in total. The summed E-state index contributed by atoms with van der Waals surface area (Å²) in [7, 11) is 1.79. The van der Waals surface area contributed by atoms with Crippen molar-refractivity contribution in [1.29, 1.82) is 0 Å². The molecule has 3 aromatic rings. The lowest BCUT2D eigenvalue weighted by Gasteiger charge is -2.16. The van der Waals surface area contributed by atoms with Gasteiger partial charge in [0.05, 0.1) is 17.9 Å². The molecule has 7 heteroatoms. The predicted molar refractivity (Wildman–Crippen MR) is 122 cm³/mol. The number of carbonyl (C=O) groups is 1. The van der Waals surface area contributed by atoms with Crippen molar-refractivity contribution in [2.45, 2.75) is 6.92 Å². The summed E-state index contributed by atoms with van der Waals surface area (Å²) >= 11 is 1.67. The molecule has 6 nitrogen and oxygen atoms in total. The summed E-state index contributed by atoms with van der Waals surface area (Å²) in [6.07, 6.45) is 0. The molecule has 0 aliphatic carbocycles. The van der Waals surface area contributed by atoms with Gasteiger partial charge >= 0.3 is 0 Å². The summed E-state index contributed by atoms with van der Waals surface area (Å²) in [5.74, 6) is -0.180. The highest BCUT2D eigenvalue weighted by molar-refractivity contribution is 8.16. The van der Waals surface area contributed by atoms with Gasteiger partial charge in [-0.2, -0.15) is 5.10 Å². The van der Waals surface area contributed by atoms with Crippen molar-refractivity contribution >= 4 is 34.2 Å². The Labute approximate surface area is 179 Å². The Morgan fingerprint density at radius 1 is 1.07 bits per heavy atom. The molecule has 0 bridgehead atoms. The number of rotatable bonds is 4. The lowest BCUT2D eigenvalue weighted by molar-refractivity contribution is 0.101. The number of amides is 1. The second kappa shape index (κ2) is 7.50. The van der Waals surface area contributed by atoms with Gasteiger partial charge in [0.1, 0.15) is 5.69 Å². The number of aryl methyl sites for hydroxylation is 2. The van der Waals surface area contributed by atoms with Gasteiger partial charge in [-0.1, -0.05) is 53.7 Å². The van der Waals surface area contributed by atoms with Gasteiger partial charge in [0, 0.05) is 30.3 Å². The SMILES string of the molecule is Cc1ccc(-c2cc(C(=O)Nc3ccc(C4=CSC5=NCCN45)cc3)n(C)n2)cc1. The number of thioether (sulfide) groups is 1. The number of nitrogens with one attached hydrogen (secondary N) is 1. The molecule has 150 valence electrons. The summed E-state index contributed by atoms with van der Waals surface area (Å²) < 4.78 is 1.62. The van der Waals surface area contributed by atoms with Crippen molar-refractivity contribution in [3.63, 3.8) is 0 Å². The highest BCUT2D eigenvalue weighted by Crippen LogP contribution is 2.35. The van der Waals surface area contributed by atoms with Crippen LogP contribution in [0.4, 0.5) is 5.69 Å². The van der Waals surface area contributed by atoms with Gasteiger partial charge in [0.15, 0.2) is 5.17 Å². The molecular weight excluding hydrogens is 394 g/mol. The van der Waals surface area contributed by atoms with E-state index in [0.29, 0.717) is 5.69 Å². The first-order valence-corrected chi connectivity index (χ1v) is 10.7. The van der Waals surface area contributed by atoms with Crippen LogP contribution in [0, 0.1) is 6.92 Å². The van der Waals surface area contributed by atoms with E-state index in [0.717, 1.165) is 40.8 Å². The van der Waals surface area contributed by atoms with Gasteiger partial charge in [0.25, 0.3) is 5.91 Å². The summed E-state index contributed by atoms with van der Waals surface area (Å²) in [4.78, 5) is 19.5. The highest BCUT2D eigenvalue weighted by atomic mass is 32.2. The third kappa shape index (κ3) is 3.41. The third-order valence-electron chi connectivity index (χ3n) is 5.27. The Bertz CT molecular complexity index is 1180. The Balaban J connectivity index is 1.31. The molecular formula is C23H21N5OS. The fourth-order valence-electron chi connectivity index (χ4n) is 3.61. The van der Waals surface area contributed by atoms with Crippen LogP contribution in [0.5, 0.6) is 0 Å².